The first-order chi connectivity index (χ1) is 5.88. The summed E-state index contributed by atoms with van der Waals surface area (Å²) in [5, 5.41) is 4.12. The maximum absolute atomic E-state index is 5.09. The van der Waals surface area contributed by atoms with E-state index in [1.165, 1.54) is 11.3 Å². The molecule has 5 heteroatoms. The van der Waals surface area contributed by atoms with Crippen LogP contribution in [0.25, 0.3) is 5.69 Å². The van der Waals surface area contributed by atoms with Crippen LogP contribution in [0.2, 0.25) is 0 Å². The van der Waals surface area contributed by atoms with Crippen LogP contribution < -0.4 is 0 Å². The van der Waals surface area contributed by atoms with Gasteiger partial charge in [0.2, 0.25) is 0 Å². The van der Waals surface area contributed by atoms with Crippen molar-refractivity contribution in [2.75, 3.05) is 0 Å². The Morgan fingerprint density at radius 2 is 1.92 bits per heavy atom. The van der Waals surface area contributed by atoms with E-state index in [-0.39, 0.29) is 51.4 Å². The molecule has 1 heterocycles. The molecule has 0 aliphatic carbocycles. The first-order valence-electron chi connectivity index (χ1n) is 3.46. The Kier molecular flexibility index (Phi) is 4.95. The second kappa shape index (κ2) is 5.50. The third kappa shape index (κ3) is 2.79. The predicted molar refractivity (Wildman–Crippen MR) is 58.0 cm³/mol. The largest absolute Gasteiger partial charge is 0.212 e. The Bertz CT molecular complexity index is 421. The van der Waals surface area contributed by atoms with Crippen molar-refractivity contribution >= 4 is 74.9 Å². The van der Waals surface area contributed by atoms with Gasteiger partial charge in [-0.2, -0.15) is 5.10 Å². The van der Waals surface area contributed by atoms with Crippen LogP contribution in [0.15, 0.2) is 35.8 Å². The number of para-hydroxylation sites is 1. The summed E-state index contributed by atoms with van der Waals surface area (Å²) in [5.41, 5.74) is 2.76. The summed E-state index contributed by atoms with van der Waals surface area (Å²) < 4.78 is 2.53. The summed E-state index contributed by atoms with van der Waals surface area (Å²) in [7, 11) is 0. The fraction of sp³-hybridized carbons (Fsp3) is 0. The Morgan fingerprint density at radius 3 is 2.46 bits per heavy atom. The molecule has 2 aromatic rings. The molecular weight excluding hydrogens is 227 g/mol. The third-order valence-electron chi connectivity index (χ3n) is 1.49. The SMILES string of the molecule is S=c1scnn1-c1ccccc1.[K]. The molecule has 1 aromatic carbocycles. The molecule has 0 saturated carbocycles. The van der Waals surface area contributed by atoms with E-state index in [0.717, 1.165) is 9.64 Å². The molecule has 0 N–H and O–H groups in total. The average molecular weight is 233 g/mol. The molecule has 0 atom stereocenters. The standard InChI is InChI=1S/C8H6N2S2.K/c11-8-10(9-6-12-8)7-4-2-1-3-5-7;/h1-6H;. The molecule has 0 unspecified atom stereocenters. The molecule has 0 amide bonds. The van der Waals surface area contributed by atoms with Crippen LogP contribution in [0.3, 0.4) is 0 Å². The minimum atomic E-state index is 0. The molecule has 0 saturated heterocycles. The van der Waals surface area contributed by atoms with Crippen molar-refractivity contribution in [1.82, 2.24) is 9.78 Å². The Morgan fingerprint density at radius 1 is 1.23 bits per heavy atom. The van der Waals surface area contributed by atoms with Gasteiger partial charge >= 0.3 is 0 Å². The van der Waals surface area contributed by atoms with Crippen molar-refractivity contribution in [3.05, 3.63) is 39.8 Å². The number of hydrogen-bond acceptors (Lipinski definition) is 3. The number of aromatic nitrogens is 2. The van der Waals surface area contributed by atoms with Crippen molar-refractivity contribution < 1.29 is 0 Å². The molecule has 0 aliphatic heterocycles. The number of nitrogens with zero attached hydrogens (tertiary/aromatic N) is 2. The summed E-state index contributed by atoms with van der Waals surface area (Å²) in [4.78, 5) is 0. The molecule has 1 aromatic heterocycles. The minimum Gasteiger partial charge on any atom is -0.212 e. The zero-order valence-corrected chi connectivity index (χ0v) is 11.9. The summed E-state index contributed by atoms with van der Waals surface area (Å²) >= 11 is 6.55. The fourth-order valence-electron chi connectivity index (χ4n) is 0.954. The fourth-order valence-corrected chi connectivity index (χ4v) is 1.72. The van der Waals surface area contributed by atoms with Crippen LogP contribution in [0.1, 0.15) is 0 Å². The molecule has 61 valence electrons. The van der Waals surface area contributed by atoms with Gasteiger partial charge in [-0.1, -0.05) is 29.5 Å². The van der Waals surface area contributed by atoms with E-state index < -0.39 is 0 Å². The molecular formula is C8H6KN2S2. The Labute approximate surface area is 128 Å². The Balaban J connectivity index is 0.000000845. The van der Waals surface area contributed by atoms with E-state index in [1.807, 2.05) is 30.3 Å². The van der Waals surface area contributed by atoms with Crippen LogP contribution in [0.5, 0.6) is 0 Å². The van der Waals surface area contributed by atoms with Crippen LogP contribution in [0, 0.1) is 3.95 Å². The first-order valence-corrected chi connectivity index (χ1v) is 4.75. The zero-order chi connectivity index (χ0) is 8.39. The molecule has 2 nitrogen and oxygen atoms in total. The predicted octanol–water partition coefficient (Wildman–Crippen LogP) is 2.28. The van der Waals surface area contributed by atoms with Gasteiger partial charge in [0, 0.05) is 51.4 Å². The van der Waals surface area contributed by atoms with Gasteiger partial charge in [-0.3, -0.25) is 0 Å². The summed E-state index contributed by atoms with van der Waals surface area (Å²) in [5.74, 6) is 0. The van der Waals surface area contributed by atoms with Crippen molar-refractivity contribution in [3.8, 4) is 5.69 Å². The summed E-state index contributed by atoms with van der Waals surface area (Å²) in [6.45, 7) is 0. The molecule has 1 radical (unpaired) electrons. The molecule has 0 aliphatic rings. The third-order valence-corrected chi connectivity index (χ3v) is 2.53. The van der Waals surface area contributed by atoms with Gasteiger partial charge in [-0.25, -0.2) is 4.68 Å². The van der Waals surface area contributed by atoms with Crippen molar-refractivity contribution in [2.24, 2.45) is 0 Å². The van der Waals surface area contributed by atoms with Crippen molar-refractivity contribution in [2.45, 2.75) is 0 Å². The number of benzene rings is 1. The van der Waals surface area contributed by atoms with Gasteiger partial charge in [0.15, 0.2) is 3.95 Å². The zero-order valence-electron chi connectivity index (χ0n) is 7.18. The van der Waals surface area contributed by atoms with E-state index in [0.29, 0.717) is 0 Å². The molecule has 0 bridgehead atoms. The van der Waals surface area contributed by atoms with E-state index in [9.17, 15) is 0 Å². The minimum absolute atomic E-state index is 0. The second-order valence-electron chi connectivity index (χ2n) is 2.25. The normalized spacial score (nSPS) is 9.23. The van der Waals surface area contributed by atoms with Gasteiger partial charge in [0.25, 0.3) is 0 Å². The van der Waals surface area contributed by atoms with Crippen LogP contribution in [0.4, 0.5) is 0 Å². The maximum Gasteiger partial charge on any atom is 0.183 e. The van der Waals surface area contributed by atoms with E-state index in [2.05, 4.69) is 5.10 Å². The van der Waals surface area contributed by atoms with Crippen LogP contribution >= 0.6 is 23.6 Å². The Hall–Kier alpha value is 0.636. The monoisotopic (exact) mass is 233 g/mol. The van der Waals surface area contributed by atoms with Crippen molar-refractivity contribution in [3.63, 3.8) is 0 Å². The van der Waals surface area contributed by atoms with Gasteiger partial charge in [-0.05, 0) is 24.4 Å². The summed E-state index contributed by atoms with van der Waals surface area (Å²) in [6, 6.07) is 9.87. The van der Waals surface area contributed by atoms with E-state index >= 15 is 0 Å². The smallest absolute Gasteiger partial charge is 0.183 e. The van der Waals surface area contributed by atoms with Gasteiger partial charge < -0.3 is 0 Å². The molecule has 13 heavy (non-hydrogen) atoms. The quantitative estimate of drug-likeness (QED) is 0.555. The van der Waals surface area contributed by atoms with Crippen LogP contribution in [-0.4, -0.2) is 61.2 Å². The van der Waals surface area contributed by atoms with Gasteiger partial charge in [0.05, 0.1) is 5.69 Å². The van der Waals surface area contributed by atoms with Crippen molar-refractivity contribution in [1.29, 1.82) is 0 Å². The molecule has 0 spiro atoms. The van der Waals surface area contributed by atoms with E-state index in [4.69, 9.17) is 12.2 Å². The average Bonchev–Trinajstić information content (AvgIpc) is 2.53. The molecule has 2 rings (SSSR count). The second-order valence-corrected chi connectivity index (χ2v) is 3.73. The van der Waals surface area contributed by atoms with E-state index in [1.54, 1.807) is 10.2 Å². The summed E-state index contributed by atoms with van der Waals surface area (Å²) in [6.07, 6.45) is 0. The van der Waals surface area contributed by atoms with Gasteiger partial charge in [-0.15, -0.1) is 0 Å². The van der Waals surface area contributed by atoms with Crippen LogP contribution in [-0.2, 0) is 0 Å². The topological polar surface area (TPSA) is 17.8 Å². The number of hydrogen-bond donors (Lipinski definition) is 0. The maximum atomic E-state index is 5.09. The van der Waals surface area contributed by atoms with Gasteiger partial charge in [0.1, 0.15) is 5.51 Å². The first kappa shape index (κ1) is 11.7. The number of rotatable bonds is 1. The molecule has 0 fully saturated rings.